The van der Waals surface area contributed by atoms with Crippen LogP contribution in [-0.2, 0) is 4.79 Å². The number of nitrogens with zero attached hydrogens (tertiary/aromatic N) is 2. The highest BCUT2D eigenvalue weighted by atomic mass is 19.2. The van der Waals surface area contributed by atoms with Gasteiger partial charge >= 0.3 is 0 Å². The normalized spacial score (nSPS) is 20.9. The number of aryl methyl sites for hydroxylation is 1. The standard InChI is InChI=1S/C19H19F3N4O2/c1-9-19-15(26(2)8-17(27)25-19)7-16(23-9)24-10-3-11(4-10)28-12-5-13(20)18(22)14(21)6-12/h5-7,10-11H,3-4,8H2,1-2H3,(H,23,24)(H,25,27)/t10-,11-. The SMILES string of the molecule is Cc1nc(N[C@H]2C[C@H](Oc3cc(F)c(F)c(F)c3)C2)cc2c1NC(=O)CN2C. The molecule has 1 saturated carbocycles. The average molecular weight is 392 g/mol. The molecule has 9 heteroatoms. The molecule has 0 saturated heterocycles. The summed E-state index contributed by atoms with van der Waals surface area (Å²) in [5, 5.41) is 6.15. The highest BCUT2D eigenvalue weighted by Crippen LogP contribution is 2.35. The predicted molar refractivity (Wildman–Crippen MR) is 98.3 cm³/mol. The summed E-state index contributed by atoms with van der Waals surface area (Å²) in [5.74, 6) is -3.46. The Morgan fingerprint density at radius 1 is 1.21 bits per heavy atom. The lowest BCUT2D eigenvalue weighted by Gasteiger charge is -2.36. The molecule has 4 rings (SSSR count). The van der Waals surface area contributed by atoms with Gasteiger partial charge in [-0.25, -0.2) is 18.2 Å². The minimum absolute atomic E-state index is 0.0278. The number of nitrogens with one attached hydrogen (secondary N) is 2. The summed E-state index contributed by atoms with van der Waals surface area (Å²) in [5.41, 5.74) is 2.31. The Hall–Kier alpha value is -2.97. The molecule has 1 fully saturated rings. The highest BCUT2D eigenvalue weighted by Gasteiger charge is 2.32. The number of carbonyl (C=O) groups is 1. The van der Waals surface area contributed by atoms with Gasteiger partial charge in [0.05, 0.1) is 23.6 Å². The van der Waals surface area contributed by atoms with Crippen LogP contribution in [0.25, 0.3) is 0 Å². The Bertz CT molecular complexity index is 924. The summed E-state index contributed by atoms with van der Waals surface area (Å²) in [7, 11) is 1.84. The number of pyridine rings is 1. The Balaban J connectivity index is 1.38. The fourth-order valence-corrected chi connectivity index (χ4v) is 3.45. The van der Waals surface area contributed by atoms with E-state index in [4.69, 9.17) is 4.74 Å². The Labute approximate surface area is 159 Å². The van der Waals surface area contributed by atoms with Gasteiger partial charge in [0.25, 0.3) is 0 Å². The zero-order chi connectivity index (χ0) is 20.0. The molecule has 2 N–H and O–H groups in total. The van der Waals surface area contributed by atoms with Crippen LogP contribution in [0.5, 0.6) is 5.75 Å². The van der Waals surface area contributed by atoms with Gasteiger partial charge < -0.3 is 20.3 Å². The smallest absolute Gasteiger partial charge is 0.243 e. The van der Waals surface area contributed by atoms with Crippen LogP contribution in [0.2, 0.25) is 0 Å². The van der Waals surface area contributed by atoms with Crippen LogP contribution < -0.4 is 20.3 Å². The van der Waals surface area contributed by atoms with Gasteiger partial charge in [0.2, 0.25) is 5.91 Å². The summed E-state index contributed by atoms with van der Waals surface area (Å²) in [6.07, 6.45) is 1.01. The van der Waals surface area contributed by atoms with Crippen molar-refractivity contribution in [2.24, 2.45) is 0 Å². The van der Waals surface area contributed by atoms with Crippen molar-refractivity contribution in [1.29, 1.82) is 0 Å². The number of likely N-dealkylation sites (N-methyl/N-ethyl adjacent to an activating group) is 1. The maximum absolute atomic E-state index is 13.3. The first kappa shape index (κ1) is 18.4. The lowest BCUT2D eigenvalue weighted by molar-refractivity contribution is -0.115. The van der Waals surface area contributed by atoms with E-state index in [9.17, 15) is 18.0 Å². The van der Waals surface area contributed by atoms with Gasteiger partial charge in [-0.2, -0.15) is 0 Å². The number of benzene rings is 1. The van der Waals surface area contributed by atoms with Crippen molar-refractivity contribution < 1.29 is 22.7 Å². The van der Waals surface area contributed by atoms with E-state index in [-0.39, 0.29) is 30.3 Å². The molecular weight excluding hydrogens is 373 g/mol. The summed E-state index contributed by atoms with van der Waals surface area (Å²) in [4.78, 5) is 18.0. The topological polar surface area (TPSA) is 66.5 Å². The van der Waals surface area contributed by atoms with Gasteiger partial charge in [-0.3, -0.25) is 4.79 Å². The number of ether oxygens (including phenoxy) is 1. The number of carbonyl (C=O) groups excluding carboxylic acids is 1. The number of rotatable bonds is 4. The number of amides is 1. The predicted octanol–water partition coefficient (Wildman–Crippen LogP) is 3.22. The molecule has 0 spiro atoms. The van der Waals surface area contributed by atoms with E-state index in [1.54, 1.807) is 0 Å². The first-order valence-electron chi connectivity index (χ1n) is 8.90. The molecule has 0 radical (unpaired) electrons. The molecule has 1 aliphatic heterocycles. The second-order valence-electron chi connectivity index (χ2n) is 7.14. The molecule has 2 heterocycles. The third kappa shape index (κ3) is 3.44. The quantitative estimate of drug-likeness (QED) is 0.783. The molecule has 0 unspecified atom stereocenters. The second kappa shape index (κ2) is 6.88. The van der Waals surface area contributed by atoms with Gasteiger partial charge in [-0.15, -0.1) is 0 Å². The minimum atomic E-state index is -1.50. The van der Waals surface area contributed by atoms with Crippen molar-refractivity contribution >= 4 is 23.1 Å². The fraction of sp³-hybridized carbons (Fsp3) is 0.368. The molecule has 1 aromatic heterocycles. The van der Waals surface area contributed by atoms with Crippen LogP contribution in [0, 0.1) is 24.4 Å². The van der Waals surface area contributed by atoms with Gasteiger partial charge in [-0.05, 0) is 6.92 Å². The van der Waals surface area contributed by atoms with Crippen LogP contribution in [0.4, 0.5) is 30.4 Å². The summed E-state index contributed by atoms with van der Waals surface area (Å²) in [6.45, 7) is 2.10. The van der Waals surface area contributed by atoms with Crippen molar-refractivity contribution in [3.8, 4) is 5.75 Å². The molecule has 148 valence electrons. The first-order valence-corrected chi connectivity index (χ1v) is 8.90. The van der Waals surface area contributed by atoms with Crippen LogP contribution in [-0.4, -0.2) is 36.6 Å². The molecule has 1 amide bonds. The summed E-state index contributed by atoms with van der Waals surface area (Å²) in [6, 6.07) is 3.66. The molecule has 28 heavy (non-hydrogen) atoms. The highest BCUT2D eigenvalue weighted by molar-refractivity contribution is 6.02. The number of hydrogen-bond acceptors (Lipinski definition) is 5. The Kier molecular flexibility index (Phi) is 4.52. The fourth-order valence-electron chi connectivity index (χ4n) is 3.45. The number of hydrogen-bond donors (Lipinski definition) is 2. The van der Waals surface area contributed by atoms with E-state index in [1.165, 1.54) is 0 Å². The Morgan fingerprint density at radius 3 is 2.57 bits per heavy atom. The van der Waals surface area contributed by atoms with E-state index < -0.39 is 17.5 Å². The number of fused-ring (bicyclic) bond motifs is 1. The minimum Gasteiger partial charge on any atom is -0.490 e. The average Bonchev–Trinajstić information content (AvgIpc) is 2.59. The molecule has 6 nitrogen and oxygen atoms in total. The van der Waals surface area contributed by atoms with Crippen LogP contribution in [0.1, 0.15) is 18.5 Å². The number of anilines is 3. The van der Waals surface area contributed by atoms with Gasteiger partial charge in [0.1, 0.15) is 17.7 Å². The van der Waals surface area contributed by atoms with Gasteiger partial charge in [-0.1, -0.05) is 0 Å². The van der Waals surface area contributed by atoms with Crippen molar-refractivity contribution in [3.63, 3.8) is 0 Å². The van der Waals surface area contributed by atoms with Gasteiger partial charge in [0, 0.05) is 44.1 Å². The summed E-state index contributed by atoms with van der Waals surface area (Å²) >= 11 is 0. The zero-order valence-electron chi connectivity index (χ0n) is 15.4. The van der Waals surface area contributed by atoms with Gasteiger partial charge in [0.15, 0.2) is 17.5 Å². The number of aromatic nitrogens is 1. The lowest BCUT2D eigenvalue weighted by Crippen LogP contribution is -2.43. The molecule has 2 aromatic rings. The van der Waals surface area contributed by atoms with Crippen LogP contribution in [0.15, 0.2) is 18.2 Å². The molecule has 0 bridgehead atoms. The van der Waals surface area contributed by atoms with E-state index in [0.29, 0.717) is 30.0 Å². The summed E-state index contributed by atoms with van der Waals surface area (Å²) < 4.78 is 45.0. The largest absolute Gasteiger partial charge is 0.490 e. The van der Waals surface area contributed by atoms with Crippen LogP contribution >= 0.6 is 0 Å². The molecule has 2 aliphatic rings. The van der Waals surface area contributed by atoms with E-state index >= 15 is 0 Å². The van der Waals surface area contributed by atoms with Crippen molar-refractivity contribution in [3.05, 3.63) is 41.3 Å². The maximum Gasteiger partial charge on any atom is 0.243 e. The number of halogens is 3. The lowest BCUT2D eigenvalue weighted by atomic mass is 9.89. The monoisotopic (exact) mass is 392 g/mol. The molecule has 1 aromatic carbocycles. The van der Waals surface area contributed by atoms with Crippen LogP contribution in [0.3, 0.4) is 0 Å². The van der Waals surface area contributed by atoms with Crippen molar-refractivity contribution in [2.45, 2.75) is 31.9 Å². The van der Waals surface area contributed by atoms with Crippen molar-refractivity contribution in [2.75, 3.05) is 29.1 Å². The Morgan fingerprint density at radius 2 is 1.89 bits per heavy atom. The van der Waals surface area contributed by atoms with E-state index in [0.717, 1.165) is 17.8 Å². The maximum atomic E-state index is 13.3. The molecule has 0 atom stereocenters. The van der Waals surface area contributed by atoms with Crippen molar-refractivity contribution in [1.82, 2.24) is 4.98 Å². The molecule has 1 aliphatic carbocycles. The second-order valence-corrected chi connectivity index (χ2v) is 7.14. The third-order valence-corrected chi connectivity index (χ3v) is 4.94. The van der Waals surface area contributed by atoms with E-state index in [1.807, 2.05) is 24.9 Å². The first-order chi connectivity index (χ1) is 13.3. The third-order valence-electron chi connectivity index (χ3n) is 4.94. The zero-order valence-corrected chi connectivity index (χ0v) is 15.4. The molecular formula is C19H19F3N4O2. The van der Waals surface area contributed by atoms with E-state index in [2.05, 4.69) is 15.6 Å².